The zero-order valence-electron chi connectivity index (χ0n) is 12.9. The van der Waals surface area contributed by atoms with Gasteiger partial charge in [-0.3, -0.25) is 9.36 Å². The summed E-state index contributed by atoms with van der Waals surface area (Å²) in [6, 6.07) is 8.03. The number of thioether (sulfide) groups is 1. The number of hydrogen-bond donors (Lipinski definition) is 1. The van der Waals surface area contributed by atoms with Crippen LogP contribution in [-0.4, -0.2) is 26.9 Å². The molecule has 124 valence electrons. The van der Waals surface area contributed by atoms with Crippen LogP contribution in [0, 0.1) is 5.82 Å². The monoisotopic (exact) mass is 362 g/mol. The van der Waals surface area contributed by atoms with Gasteiger partial charge >= 0.3 is 0 Å². The second-order valence-electron chi connectivity index (χ2n) is 5.00. The molecule has 0 aliphatic rings. The van der Waals surface area contributed by atoms with Crippen molar-refractivity contribution in [1.29, 1.82) is 0 Å². The van der Waals surface area contributed by atoms with Gasteiger partial charge in [0.2, 0.25) is 5.91 Å². The fraction of sp³-hybridized carbons (Fsp3) is 0.188. The summed E-state index contributed by atoms with van der Waals surface area (Å²) >= 11 is 3.00. The number of carbonyl (C=O) groups is 1. The molecule has 1 aromatic carbocycles. The SMILES string of the molecule is CSc1nnc(CNC(=O)Cc2ccsc2)n1-c1ccc(F)cc1. The van der Waals surface area contributed by atoms with E-state index in [0.29, 0.717) is 17.4 Å². The molecule has 0 fully saturated rings. The van der Waals surface area contributed by atoms with Crippen molar-refractivity contribution in [2.24, 2.45) is 0 Å². The van der Waals surface area contributed by atoms with Crippen LogP contribution in [0.1, 0.15) is 11.4 Å². The number of benzene rings is 1. The molecule has 2 heterocycles. The number of nitrogens with one attached hydrogen (secondary N) is 1. The quantitative estimate of drug-likeness (QED) is 0.685. The molecule has 24 heavy (non-hydrogen) atoms. The molecular formula is C16H15FN4OS2. The van der Waals surface area contributed by atoms with Gasteiger partial charge in [0.1, 0.15) is 5.82 Å². The fourth-order valence-electron chi connectivity index (χ4n) is 2.22. The van der Waals surface area contributed by atoms with E-state index < -0.39 is 0 Å². The van der Waals surface area contributed by atoms with E-state index in [1.807, 2.05) is 27.6 Å². The molecule has 0 aliphatic carbocycles. The van der Waals surface area contributed by atoms with Crippen LogP contribution in [0.15, 0.2) is 46.2 Å². The lowest BCUT2D eigenvalue weighted by atomic mass is 10.2. The number of rotatable bonds is 6. The summed E-state index contributed by atoms with van der Waals surface area (Å²) in [5, 5.41) is 15.7. The molecule has 0 saturated heterocycles. The van der Waals surface area contributed by atoms with Gasteiger partial charge in [0, 0.05) is 5.69 Å². The first-order valence-corrected chi connectivity index (χ1v) is 9.36. The maximum atomic E-state index is 13.1. The largest absolute Gasteiger partial charge is 0.348 e. The van der Waals surface area contributed by atoms with Gasteiger partial charge in [-0.25, -0.2) is 4.39 Å². The minimum absolute atomic E-state index is 0.0762. The third-order valence-electron chi connectivity index (χ3n) is 3.36. The van der Waals surface area contributed by atoms with Crippen molar-refractivity contribution >= 4 is 29.0 Å². The van der Waals surface area contributed by atoms with Gasteiger partial charge < -0.3 is 5.32 Å². The fourth-order valence-corrected chi connectivity index (χ4v) is 3.40. The average Bonchev–Trinajstić information content (AvgIpc) is 3.23. The Morgan fingerprint density at radius 3 is 2.75 bits per heavy atom. The first-order chi connectivity index (χ1) is 11.7. The Hall–Kier alpha value is -2.19. The number of nitrogens with zero attached hydrogens (tertiary/aromatic N) is 3. The van der Waals surface area contributed by atoms with E-state index >= 15 is 0 Å². The summed E-state index contributed by atoms with van der Waals surface area (Å²) < 4.78 is 15.0. The summed E-state index contributed by atoms with van der Waals surface area (Å²) in [5.41, 5.74) is 1.75. The number of halogens is 1. The van der Waals surface area contributed by atoms with Crippen LogP contribution in [0.3, 0.4) is 0 Å². The molecular weight excluding hydrogens is 347 g/mol. The van der Waals surface area contributed by atoms with Crippen LogP contribution in [-0.2, 0) is 17.8 Å². The number of thiophene rings is 1. The minimum Gasteiger partial charge on any atom is -0.348 e. The highest BCUT2D eigenvalue weighted by Gasteiger charge is 2.14. The van der Waals surface area contributed by atoms with Crippen LogP contribution >= 0.6 is 23.1 Å². The smallest absolute Gasteiger partial charge is 0.224 e. The number of amides is 1. The van der Waals surface area contributed by atoms with E-state index in [1.54, 1.807) is 23.5 Å². The van der Waals surface area contributed by atoms with Gasteiger partial charge in [0.05, 0.1) is 13.0 Å². The van der Waals surface area contributed by atoms with Crippen LogP contribution in [0.5, 0.6) is 0 Å². The Labute approximate surface area is 146 Å². The number of carbonyl (C=O) groups excluding carboxylic acids is 1. The average molecular weight is 362 g/mol. The van der Waals surface area contributed by atoms with Crippen molar-refractivity contribution in [3.05, 3.63) is 58.3 Å². The van der Waals surface area contributed by atoms with Gasteiger partial charge in [0.25, 0.3) is 0 Å². The Balaban J connectivity index is 1.75. The molecule has 0 radical (unpaired) electrons. The molecule has 5 nitrogen and oxygen atoms in total. The number of aromatic nitrogens is 3. The molecule has 0 spiro atoms. The van der Waals surface area contributed by atoms with E-state index in [9.17, 15) is 9.18 Å². The molecule has 1 N–H and O–H groups in total. The summed E-state index contributed by atoms with van der Waals surface area (Å²) in [6.07, 6.45) is 2.23. The summed E-state index contributed by atoms with van der Waals surface area (Å²) in [7, 11) is 0. The Morgan fingerprint density at radius 1 is 1.29 bits per heavy atom. The first kappa shape index (κ1) is 16.7. The molecule has 3 aromatic rings. The summed E-state index contributed by atoms with van der Waals surface area (Å²) in [6.45, 7) is 0.258. The Kier molecular flexibility index (Phi) is 5.27. The summed E-state index contributed by atoms with van der Waals surface area (Å²) in [5.74, 6) is 0.223. The molecule has 0 aliphatic heterocycles. The summed E-state index contributed by atoms with van der Waals surface area (Å²) in [4.78, 5) is 12.0. The maximum Gasteiger partial charge on any atom is 0.224 e. The Bertz CT molecular complexity index is 815. The zero-order chi connectivity index (χ0) is 16.9. The molecule has 0 unspecified atom stereocenters. The van der Waals surface area contributed by atoms with Crippen molar-refractivity contribution < 1.29 is 9.18 Å². The predicted molar refractivity (Wildman–Crippen MR) is 93.0 cm³/mol. The maximum absolute atomic E-state index is 13.1. The minimum atomic E-state index is -0.303. The van der Waals surface area contributed by atoms with Crippen molar-refractivity contribution in [3.63, 3.8) is 0 Å². The van der Waals surface area contributed by atoms with Gasteiger partial charge in [-0.1, -0.05) is 11.8 Å². The van der Waals surface area contributed by atoms with E-state index in [1.165, 1.54) is 23.9 Å². The van der Waals surface area contributed by atoms with Crippen LogP contribution in [0.25, 0.3) is 5.69 Å². The van der Waals surface area contributed by atoms with Crippen molar-refractivity contribution in [2.45, 2.75) is 18.1 Å². The van der Waals surface area contributed by atoms with E-state index in [2.05, 4.69) is 15.5 Å². The van der Waals surface area contributed by atoms with Crippen LogP contribution in [0.2, 0.25) is 0 Å². The van der Waals surface area contributed by atoms with Gasteiger partial charge in [-0.05, 0) is 52.9 Å². The third kappa shape index (κ3) is 3.82. The Morgan fingerprint density at radius 2 is 2.08 bits per heavy atom. The molecule has 1 amide bonds. The molecule has 2 aromatic heterocycles. The lowest BCUT2D eigenvalue weighted by Gasteiger charge is -2.10. The van der Waals surface area contributed by atoms with Gasteiger partial charge in [-0.2, -0.15) is 11.3 Å². The normalized spacial score (nSPS) is 10.8. The lowest BCUT2D eigenvalue weighted by molar-refractivity contribution is -0.120. The molecule has 8 heteroatoms. The predicted octanol–water partition coefficient (Wildman–Crippen LogP) is 3.05. The van der Waals surface area contributed by atoms with Crippen LogP contribution < -0.4 is 5.32 Å². The molecule has 3 rings (SSSR count). The van der Waals surface area contributed by atoms with E-state index in [0.717, 1.165) is 11.3 Å². The zero-order valence-corrected chi connectivity index (χ0v) is 14.5. The second kappa shape index (κ2) is 7.59. The van der Waals surface area contributed by atoms with Gasteiger partial charge in [-0.15, -0.1) is 10.2 Å². The lowest BCUT2D eigenvalue weighted by Crippen LogP contribution is -2.26. The van der Waals surface area contributed by atoms with Gasteiger partial charge in [0.15, 0.2) is 11.0 Å². The highest BCUT2D eigenvalue weighted by atomic mass is 32.2. The van der Waals surface area contributed by atoms with E-state index in [4.69, 9.17) is 0 Å². The van der Waals surface area contributed by atoms with Crippen molar-refractivity contribution in [1.82, 2.24) is 20.1 Å². The van der Waals surface area contributed by atoms with Crippen molar-refractivity contribution in [3.8, 4) is 5.69 Å². The first-order valence-electron chi connectivity index (χ1n) is 7.19. The van der Waals surface area contributed by atoms with Crippen LogP contribution in [0.4, 0.5) is 4.39 Å². The number of hydrogen-bond acceptors (Lipinski definition) is 5. The van der Waals surface area contributed by atoms with E-state index in [-0.39, 0.29) is 18.3 Å². The highest BCUT2D eigenvalue weighted by molar-refractivity contribution is 7.98. The standard InChI is InChI=1S/C16H15FN4OS2/c1-23-16-20-19-14(21(16)13-4-2-12(17)3-5-13)9-18-15(22)8-11-6-7-24-10-11/h2-7,10H,8-9H2,1H3,(H,18,22). The topological polar surface area (TPSA) is 59.8 Å². The highest BCUT2D eigenvalue weighted by Crippen LogP contribution is 2.20. The molecule has 0 atom stereocenters. The molecule has 0 bridgehead atoms. The molecule has 0 saturated carbocycles. The third-order valence-corrected chi connectivity index (χ3v) is 4.72. The second-order valence-corrected chi connectivity index (χ2v) is 6.55. The van der Waals surface area contributed by atoms with Crippen molar-refractivity contribution in [2.75, 3.05) is 6.26 Å².